The highest BCUT2D eigenvalue weighted by Crippen LogP contribution is 2.47. The summed E-state index contributed by atoms with van der Waals surface area (Å²) >= 11 is 0. The highest BCUT2D eigenvalue weighted by Gasteiger charge is 2.39. The predicted molar refractivity (Wildman–Crippen MR) is 229 cm³/mol. The molecule has 1 nitrogen and oxygen atoms in total. The zero-order valence-electron chi connectivity index (χ0n) is 30.4. The molecule has 0 spiro atoms. The maximum atomic E-state index is 6.83. The van der Waals surface area contributed by atoms with Crippen molar-refractivity contribution in [3.05, 3.63) is 193 Å². The molecule has 54 heavy (non-hydrogen) atoms. The van der Waals surface area contributed by atoms with Crippen LogP contribution in [0.3, 0.4) is 0 Å². The van der Waals surface area contributed by atoms with Crippen LogP contribution in [0.4, 0.5) is 0 Å². The van der Waals surface area contributed by atoms with Crippen LogP contribution in [0.15, 0.2) is 182 Å². The van der Waals surface area contributed by atoms with Crippen LogP contribution in [-0.2, 0) is 5.41 Å². The summed E-state index contributed by atoms with van der Waals surface area (Å²) in [5.74, 6) is 1.87. The van der Waals surface area contributed by atoms with Gasteiger partial charge in [-0.05, 0) is 56.6 Å². The van der Waals surface area contributed by atoms with E-state index in [1.165, 1.54) is 88.4 Å². The zero-order chi connectivity index (χ0) is 36.0. The molecule has 0 radical (unpaired) electrons. The molecule has 3 heteroatoms. The van der Waals surface area contributed by atoms with E-state index in [9.17, 15) is 0 Å². The summed E-state index contributed by atoms with van der Waals surface area (Å²) in [5, 5.41) is 0. The van der Waals surface area contributed by atoms with Gasteiger partial charge in [-0.15, -0.1) is 0 Å². The van der Waals surface area contributed by atoms with Crippen LogP contribution < -0.4 is 37.5 Å². The summed E-state index contributed by atoms with van der Waals surface area (Å²) in [6.45, 7) is 4.88. The maximum Gasteiger partial charge on any atom is 0.242 e. The first kappa shape index (κ1) is 31.2. The second-order valence-electron chi connectivity index (χ2n) is 15.5. The quantitative estimate of drug-likeness (QED) is 0.166. The van der Waals surface area contributed by atoms with Crippen molar-refractivity contribution >= 4 is 46.2 Å². The van der Waals surface area contributed by atoms with E-state index in [4.69, 9.17) is 4.74 Å². The maximum absolute atomic E-state index is 6.83. The normalized spacial score (nSPS) is 14.0. The summed E-state index contributed by atoms with van der Waals surface area (Å²) in [6.07, 6.45) is 0. The monoisotopic (exact) mass is 686 g/mol. The molecule has 0 aliphatic carbocycles. The number of benzene rings is 8. The minimum absolute atomic E-state index is 0.0688. The molecule has 0 bridgehead atoms. The molecule has 3 heterocycles. The molecule has 0 fully saturated rings. The Balaban J connectivity index is 1.07. The number of ether oxygens (including phenoxy) is 1. The van der Waals surface area contributed by atoms with E-state index in [0.717, 1.165) is 11.5 Å². The van der Waals surface area contributed by atoms with Crippen molar-refractivity contribution in [1.29, 1.82) is 0 Å². The molecular formula is C51H36B2O. The van der Waals surface area contributed by atoms with E-state index in [1.807, 2.05) is 0 Å². The van der Waals surface area contributed by atoms with Gasteiger partial charge in [0.1, 0.15) is 11.5 Å². The molecule has 11 rings (SSSR count). The fourth-order valence-electron chi connectivity index (χ4n) is 9.81. The van der Waals surface area contributed by atoms with E-state index >= 15 is 0 Å². The average Bonchev–Trinajstić information content (AvgIpc) is 3.43. The van der Waals surface area contributed by atoms with Crippen molar-refractivity contribution in [2.24, 2.45) is 0 Å². The van der Waals surface area contributed by atoms with E-state index in [0.29, 0.717) is 0 Å². The van der Waals surface area contributed by atoms with Gasteiger partial charge in [0.05, 0.1) is 0 Å². The predicted octanol–water partition coefficient (Wildman–Crippen LogP) is 8.45. The lowest BCUT2D eigenvalue weighted by molar-refractivity contribution is 0.418. The molecule has 0 atom stereocenters. The molecule has 252 valence electrons. The zero-order valence-corrected chi connectivity index (χ0v) is 30.4. The van der Waals surface area contributed by atoms with Crippen LogP contribution in [0.2, 0.25) is 0 Å². The van der Waals surface area contributed by atoms with Crippen LogP contribution in [0.25, 0.3) is 44.5 Å². The third-order valence-electron chi connectivity index (χ3n) is 12.3. The van der Waals surface area contributed by atoms with Crippen LogP contribution in [0, 0.1) is 0 Å². The lowest BCUT2D eigenvalue weighted by Crippen LogP contribution is -2.53. The lowest BCUT2D eigenvalue weighted by Gasteiger charge is -2.36. The van der Waals surface area contributed by atoms with Crippen LogP contribution >= 0.6 is 0 Å². The van der Waals surface area contributed by atoms with Crippen LogP contribution in [0.5, 0.6) is 11.5 Å². The minimum Gasteiger partial charge on any atom is -0.457 e. The Labute approximate surface area is 318 Å². The molecule has 0 aromatic heterocycles. The molecule has 8 aromatic carbocycles. The first-order valence-electron chi connectivity index (χ1n) is 19.1. The first-order chi connectivity index (χ1) is 26.6. The van der Waals surface area contributed by atoms with Gasteiger partial charge >= 0.3 is 0 Å². The summed E-state index contributed by atoms with van der Waals surface area (Å²) in [4.78, 5) is 0. The van der Waals surface area contributed by atoms with E-state index in [-0.39, 0.29) is 18.8 Å². The highest BCUT2D eigenvalue weighted by atomic mass is 16.5. The Morgan fingerprint density at radius 2 is 0.611 bits per heavy atom. The smallest absolute Gasteiger partial charge is 0.242 e. The minimum atomic E-state index is -0.311. The molecule has 0 unspecified atom stereocenters. The third kappa shape index (κ3) is 4.55. The molecule has 8 aromatic rings. The van der Waals surface area contributed by atoms with Gasteiger partial charge in [0, 0.05) is 16.5 Å². The van der Waals surface area contributed by atoms with Crippen molar-refractivity contribution in [3.8, 4) is 56.0 Å². The third-order valence-corrected chi connectivity index (χ3v) is 12.3. The van der Waals surface area contributed by atoms with Crippen molar-refractivity contribution in [2.75, 3.05) is 0 Å². The topological polar surface area (TPSA) is 9.23 Å². The largest absolute Gasteiger partial charge is 0.457 e. The Kier molecular flexibility index (Phi) is 6.86. The second kappa shape index (κ2) is 11.9. The second-order valence-corrected chi connectivity index (χ2v) is 15.5. The van der Waals surface area contributed by atoms with Gasteiger partial charge in [-0.3, -0.25) is 0 Å². The Bertz CT molecular complexity index is 2490. The van der Waals surface area contributed by atoms with Gasteiger partial charge in [-0.1, -0.05) is 216 Å². The van der Waals surface area contributed by atoms with Crippen LogP contribution in [-0.4, -0.2) is 13.4 Å². The van der Waals surface area contributed by atoms with Crippen LogP contribution in [0.1, 0.15) is 25.0 Å². The van der Waals surface area contributed by atoms with Gasteiger partial charge in [-0.25, -0.2) is 0 Å². The fraction of sp³-hybridized carbons (Fsp3) is 0.0588. The lowest BCUT2D eigenvalue weighted by atomic mass is 9.35. The molecule has 0 saturated carbocycles. The summed E-state index contributed by atoms with van der Waals surface area (Å²) in [7, 11) is 0. The first-order valence-corrected chi connectivity index (χ1v) is 19.1. The molecule has 3 aliphatic rings. The van der Waals surface area contributed by atoms with Gasteiger partial charge in [0.15, 0.2) is 0 Å². The molecule has 0 N–H and O–H groups in total. The summed E-state index contributed by atoms with van der Waals surface area (Å²) in [5.41, 5.74) is 20.3. The Hall–Kier alpha value is -6.31. The number of hydrogen-bond acceptors (Lipinski definition) is 1. The fourth-order valence-corrected chi connectivity index (χ4v) is 9.81. The highest BCUT2D eigenvalue weighted by molar-refractivity contribution is 6.98. The number of fused-ring (bicyclic) bond motifs is 12. The van der Waals surface area contributed by atoms with Gasteiger partial charge in [0.2, 0.25) is 13.4 Å². The summed E-state index contributed by atoms with van der Waals surface area (Å²) in [6, 6.07) is 67.5. The number of rotatable bonds is 2. The Morgan fingerprint density at radius 1 is 0.333 bits per heavy atom. The van der Waals surface area contributed by atoms with Gasteiger partial charge < -0.3 is 4.74 Å². The van der Waals surface area contributed by atoms with Crippen molar-refractivity contribution in [2.45, 2.75) is 19.3 Å². The number of hydrogen-bond donors (Lipinski definition) is 0. The SMILES string of the molecule is CC1(C)c2cc(B3c4ccccc4-c4ccccc4-c4ccccc43)ccc2Oc2ccc(B3c4ccccc4-c4ccccc4-c4ccccc43)cc21. The van der Waals surface area contributed by atoms with Crippen molar-refractivity contribution in [3.63, 3.8) is 0 Å². The molecule has 0 saturated heterocycles. The van der Waals surface area contributed by atoms with Gasteiger partial charge in [-0.2, -0.15) is 0 Å². The molecule has 0 amide bonds. The standard InChI is InChI=1S/C51H36B2O/c1-51(2)43-31-33(52-45-23-11-7-19-39(45)35-15-3-4-16-36(35)40-20-8-12-24-46(40)52)27-29-49(43)54-50-30-28-34(32-44(50)51)53-47-25-13-9-21-41(47)37-17-5-6-18-38(37)42-22-10-14-26-48(42)53/h3-32H,1-2H3. The van der Waals surface area contributed by atoms with E-state index < -0.39 is 0 Å². The van der Waals surface area contributed by atoms with E-state index in [1.54, 1.807) is 0 Å². The van der Waals surface area contributed by atoms with E-state index in [2.05, 4.69) is 196 Å². The molecular weight excluding hydrogens is 650 g/mol. The van der Waals surface area contributed by atoms with Crippen molar-refractivity contribution < 1.29 is 4.74 Å². The molecule has 3 aliphatic heterocycles. The summed E-state index contributed by atoms with van der Waals surface area (Å²) < 4.78 is 6.83. The Morgan fingerprint density at radius 3 is 0.926 bits per heavy atom. The van der Waals surface area contributed by atoms with Crippen molar-refractivity contribution in [1.82, 2.24) is 0 Å². The average molecular weight is 686 g/mol. The van der Waals surface area contributed by atoms with Gasteiger partial charge in [0.25, 0.3) is 0 Å².